The average Bonchev–Trinajstić information content (AvgIpc) is 2.94. The molecule has 1 heterocycles. The lowest BCUT2D eigenvalue weighted by atomic mass is 10.1. The summed E-state index contributed by atoms with van der Waals surface area (Å²) in [5, 5.41) is 1.82. The minimum atomic E-state index is -0.0767. The lowest BCUT2D eigenvalue weighted by molar-refractivity contribution is -0.107. The molecule has 0 N–H and O–H groups in total. The van der Waals surface area contributed by atoms with Gasteiger partial charge < -0.3 is 9.64 Å². The van der Waals surface area contributed by atoms with Crippen LogP contribution < -0.4 is 9.64 Å². The van der Waals surface area contributed by atoms with E-state index in [1.54, 1.807) is 44.5 Å². The Morgan fingerprint density at radius 1 is 1.26 bits per heavy atom. The van der Waals surface area contributed by atoms with Crippen LogP contribution in [0.3, 0.4) is 0 Å². The van der Waals surface area contributed by atoms with Crippen molar-refractivity contribution in [1.29, 1.82) is 0 Å². The number of thiophene rings is 1. The topological polar surface area (TPSA) is 46.6 Å². The van der Waals surface area contributed by atoms with Crippen molar-refractivity contribution in [2.24, 2.45) is 0 Å². The van der Waals surface area contributed by atoms with E-state index in [-0.39, 0.29) is 5.78 Å². The second-order valence-electron chi connectivity index (χ2n) is 3.91. The van der Waals surface area contributed by atoms with E-state index in [1.165, 1.54) is 16.2 Å². The lowest BCUT2D eigenvalue weighted by Gasteiger charge is -2.10. The van der Waals surface area contributed by atoms with Crippen molar-refractivity contribution in [3.8, 4) is 5.75 Å². The van der Waals surface area contributed by atoms with E-state index in [0.717, 1.165) is 12.1 Å². The standard InChI is InChI=1S/C14H13NO3S/c1-15(9-16)11-5-3-10(4-6-11)13(17)14-12(18-2)7-8-19-14/h3-9H,1-2H3. The van der Waals surface area contributed by atoms with E-state index in [1.807, 2.05) is 5.38 Å². The molecule has 19 heavy (non-hydrogen) atoms. The van der Waals surface area contributed by atoms with E-state index in [9.17, 15) is 9.59 Å². The van der Waals surface area contributed by atoms with Gasteiger partial charge in [0.15, 0.2) is 0 Å². The molecule has 0 spiro atoms. The number of nitrogens with zero attached hydrogens (tertiary/aromatic N) is 1. The second-order valence-corrected chi connectivity index (χ2v) is 4.83. The van der Waals surface area contributed by atoms with Crippen molar-refractivity contribution in [3.63, 3.8) is 0 Å². The summed E-state index contributed by atoms with van der Waals surface area (Å²) in [6.07, 6.45) is 0.721. The molecule has 0 atom stereocenters. The van der Waals surface area contributed by atoms with E-state index in [0.29, 0.717) is 16.2 Å². The largest absolute Gasteiger partial charge is 0.495 e. The highest BCUT2D eigenvalue weighted by Gasteiger charge is 2.16. The normalized spacial score (nSPS) is 10.0. The molecule has 1 aromatic heterocycles. The Hall–Kier alpha value is -2.14. The van der Waals surface area contributed by atoms with Gasteiger partial charge >= 0.3 is 0 Å². The van der Waals surface area contributed by atoms with Crippen molar-refractivity contribution in [2.45, 2.75) is 0 Å². The number of ether oxygens (including phenoxy) is 1. The van der Waals surface area contributed by atoms with Gasteiger partial charge in [0.1, 0.15) is 10.6 Å². The van der Waals surface area contributed by atoms with Crippen LogP contribution in [0.15, 0.2) is 35.7 Å². The van der Waals surface area contributed by atoms with Gasteiger partial charge in [-0.25, -0.2) is 0 Å². The van der Waals surface area contributed by atoms with E-state index >= 15 is 0 Å². The molecule has 0 unspecified atom stereocenters. The Morgan fingerprint density at radius 2 is 1.95 bits per heavy atom. The number of anilines is 1. The van der Waals surface area contributed by atoms with Crippen molar-refractivity contribution < 1.29 is 14.3 Å². The molecule has 0 fully saturated rings. The summed E-state index contributed by atoms with van der Waals surface area (Å²) < 4.78 is 5.14. The molecule has 5 heteroatoms. The van der Waals surface area contributed by atoms with Gasteiger partial charge in [-0.2, -0.15) is 0 Å². The van der Waals surface area contributed by atoms with Crippen LogP contribution in [0, 0.1) is 0 Å². The zero-order chi connectivity index (χ0) is 13.8. The van der Waals surface area contributed by atoms with E-state index < -0.39 is 0 Å². The summed E-state index contributed by atoms with van der Waals surface area (Å²) in [4.78, 5) is 25.0. The van der Waals surface area contributed by atoms with Crippen LogP contribution in [-0.2, 0) is 4.79 Å². The van der Waals surface area contributed by atoms with Crippen LogP contribution in [0.5, 0.6) is 5.75 Å². The predicted molar refractivity (Wildman–Crippen MR) is 75.2 cm³/mol. The molecular formula is C14H13NO3S. The number of carbonyl (C=O) groups excluding carboxylic acids is 2. The molecule has 2 aromatic rings. The first kappa shape index (κ1) is 13.3. The summed E-state index contributed by atoms with van der Waals surface area (Å²) in [6, 6.07) is 8.66. The Morgan fingerprint density at radius 3 is 2.53 bits per heavy atom. The average molecular weight is 275 g/mol. The Bertz CT molecular complexity index is 589. The molecular weight excluding hydrogens is 262 g/mol. The minimum Gasteiger partial charge on any atom is -0.495 e. The first-order valence-electron chi connectivity index (χ1n) is 5.61. The van der Waals surface area contributed by atoms with Crippen LogP contribution in [-0.4, -0.2) is 26.4 Å². The zero-order valence-corrected chi connectivity index (χ0v) is 11.4. The SMILES string of the molecule is COc1ccsc1C(=O)c1ccc(N(C)C=O)cc1. The van der Waals surface area contributed by atoms with Gasteiger partial charge in [0.05, 0.1) is 7.11 Å². The highest BCUT2D eigenvalue weighted by atomic mass is 32.1. The van der Waals surface area contributed by atoms with Crippen molar-refractivity contribution in [3.05, 3.63) is 46.2 Å². The van der Waals surface area contributed by atoms with Crippen LogP contribution in [0.1, 0.15) is 15.2 Å². The fourth-order valence-corrected chi connectivity index (χ4v) is 2.48. The van der Waals surface area contributed by atoms with Crippen molar-refractivity contribution in [1.82, 2.24) is 0 Å². The molecule has 0 saturated carbocycles. The quantitative estimate of drug-likeness (QED) is 0.622. The molecule has 0 aliphatic heterocycles. The van der Waals surface area contributed by atoms with Gasteiger partial charge in [-0.15, -0.1) is 11.3 Å². The van der Waals surface area contributed by atoms with Crippen molar-refractivity contribution in [2.75, 3.05) is 19.1 Å². The Labute approximate surface area is 115 Å². The molecule has 1 aromatic carbocycles. The maximum absolute atomic E-state index is 12.3. The smallest absolute Gasteiger partial charge is 0.213 e. The van der Waals surface area contributed by atoms with Crippen LogP contribution >= 0.6 is 11.3 Å². The van der Waals surface area contributed by atoms with Crippen LogP contribution in [0.25, 0.3) is 0 Å². The first-order chi connectivity index (χ1) is 9.17. The molecule has 0 radical (unpaired) electrons. The number of methoxy groups -OCH3 is 1. The van der Waals surface area contributed by atoms with Gasteiger partial charge in [-0.3, -0.25) is 9.59 Å². The number of carbonyl (C=O) groups is 2. The van der Waals surface area contributed by atoms with E-state index in [2.05, 4.69) is 0 Å². The minimum absolute atomic E-state index is 0.0767. The molecule has 1 amide bonds. The van der Waals surface area contributed by atoms with Gasteiger partial charge in [0.25, 0.3) is 0 Å². The molecule has 4 nitrogen and oxygen atoms in total. The molecule has 0 aliphatic rings. The third kappa shape index (κ3) is 2.66. The Balaban J connectivity index is 2.27. The number of rotatable bonds is 5. The molecule has 2 rings (SSSR count). The van der Waals surface area contributed by atoms with E-state index in [4.69, 9.17) is 4.74 Å². The van der Waals surface area contributed by atoms with Gasteiger partial charge in [0.2, 0.25) is 12.2 Å². The highest BCUT2D eigenvalue weighted by Crippen LogP contribution is 2.27. The Kier molecular flexibility index (Phi) is 3.97. The zero-order valence-electron chi connectivity index (χ0n) is 10.6. The summed E-state index contributed by atoms with van der Waals surface area (Å²) in [5.41, 5.74) is 1.31. The van der Waals surface area contributed by atoms with Crippen molar-refractivity contribution >= 4 is 29.2 Å². The van der Waals surface area contributed by atoms with Gasteiger partial charge in [-0.1, -0.05) is 0 Å². The summed E-state index contributed by atoms with van der Waals surface area (Å²) in [7, 11) is 3.20. The van der Waals surface area contributed by atoms with Crippen LogP contribution in [0.2, 0.25) is 0 Å². The third-order valence-electron chi connectivity index (χ3n) is 2.75. The highest BCUT2D eigenvalue weighted by molar-refractivity contribution is 7.12. The number of ketones is 1. The molecule has 0 bridgehead atoms. The fourth-order valence-electron chi connectivity index (χ4n) is 1.66. The predicted octanol–water partition coefficient (Wildman–Crippen LogP) is 2.58. The maximum atomic E-state index is 12.3. The molecule has 0 aliphatic carbocycles. The van der Waals surface area contributed by atoms with Gasteiger partial charge in [-0.05, 0) is 35.7 Å². The third-order valence-corrected chi connectivity index (χ3v) is 3.64. The van der Waals surface area contributed by atoms with Gasteiger partial charge in [0, 0.05) is 18.3 Å². The monoisotopic (exact) mass is 275 g/mol. The number of amides is 1. The summed E-state index contributed by atoms with van der Waals surface area (Å²) >= 11 is 1.35. The summed E-state index contributed by atoms with van der Waals surface area (Å²) in [6.45, 7) is 0. The lowest BCUT2D eigenvalue weighted by Crippen LogP contribution is -2.13. The first-order valence-corrected chi connectivity index (χ1v) is 6.49. The maximum Gasteiger partial charge on any atom is 0.213 e. The molecule has 0 saturated heterocycles. The second kappa shape index (κ2) is 5.67. The number of hydrogen-bond donors (Lipinski definition) is 0. The summed E-state index contributed by atoms with van der Waals surface area (Å²) in [5.74, 6) is 0.510. The number of hydrogen-bond acceptors (Lipinski definition) is 4. The van der Waals surface area contributed by atoms with Crippen LogP contribution in [0.4, 0.5) is 5.69 Å². The molecule has 98 valence electrons. The fraction of sp³-hybridized carbons (Fsp3) is 0.143. The number of benzene rings is 1.